The molecule has 0 saturated carbocycles. The van der Waals surface area contributed by atoms with Crippen molar-refractivity contribution in [2.24, 2.45) is 17.6 Å². The van der Waals surface area contributed by atoms with E-state index in [0.717, 1.165) is 21.4 Å². The van der Waals surface area contributed by atoms with Crippen LogP contribution in [-0.4, -0.2) is 36.0 Å². The van der Waals surface area contributed by atoms with E-state index in [4.69, 9.17) is 10.2 Å². The zero-order valence-electron chi connectivity index (χ0n) is 14.4. The summed E-state index contributed by atoms with van der Waals surface area (Å²) < 4.78 is 44.9. The summed E-state index contributed by atoms with van der Waals surface area (Å²) in [6.07, 6.45) is -3.21. The van der Waals surface area contributed by atoms with Crippen LogP contribution in [0.25, 0.3) is 11.0 Å². The van der Waals surface area contributed by atoms with Crippen LogP contribution in [0.2, 0.25) is 0 Å². The topological polar surface area (TPSA) is 76.5 Å². The number of hydrogen-bond acceptors (Lipinski definition) is 3. The molecule has 140 valence electrons. The van der Waals surface area contributed by atoms with Gasteiger partial charge in [0.1, 0.15) is 5.58 Å². The SMILES string of the molecule is Cc1ccc2c(CC(=O)N3C[C@@H](C(F)(F)F)[C@H](C(N)=O)C3)coc2c1C. The first kappa shape index (κ1) is 18.3. The number of alkyl halides is 3. The van der Waals surface area contributed by atoms with Crippen LogP contribution in [-0.2, 0) is 16.0 Å². The van der Waals surface area contributed by atoms with Crippen molar-refractivity contribution in [2.45, 2.75) is 26.4 Å². The van der Waals surface area contributed by atoms with Gasteiger partial charge in [0.15, 0.2) is 0 Å². The number of halogens is 3. The van der Waals surface area contributed by atoms with Crippen LogP contribution in [0.5, 0.6) is 0 Å². The van der Waals surface area contributed by atoms with Gasteiger partial charge in [-0.3, -0.25) is 9.59 Å². The van der Waals surface area contributed by atoms with E-state index >= 15 is 0 Å². The smallest absolute Gasteiger partial charge is 0.394 e. The number of benzene rings is 1. The minimum atomic E-state index is -4.58. The largest absolute Gasteiger partial charge is 0.464 e. The number of amides is 2. The Morgan fingerprint density at radius 3 is 2.54 bits per heavy atom. The lowest BCUT2D eigenvalue weighted by atomic mass is 9.95. The Labute approximate surface area is 147 Å². The third-order valence-corrected chi connectivity index (χ3v) is 5.14. The van der Waals surface area contributed by atoms with Crippen LogP contribution in [0.15, 0.2) is 22.8 Å². The third-order valence-electron chi connectivity index (χ3n) is 5.14. The van der Waals surface area contributed by atoms with Crippen LogP contribution in [0, 0.1) is 25.7 Å². The monoisotopic (exact) mass is 368 g/mol. The second-order valence-corrected chi connectivity index (χ2v) is 6.78. The summed E-state index contributed by atoms with van der Waals surface area (Å²) in [6.45, 7) is 2.97. The van der Waals surface area contributed by atoms with Gasteiger partial charge in [-0.1, -0.05) is 12.1 Å². The second-order valence-electron chi connectivity index (χ2n) is 6.78. The van der Waals surface area contributed by atoms with Gasteiger partial charge in [-0.15, -0.1) is 0 Å². The summed E-state index contributed by atoms with van der Waals surface area (Å²) in [7, 11) is 0. The number of fused-ring (bicyclic) bond motifs is 1. The van der Waals surface area contributed by atoms with Crippen LogP contribution < -0.4 is 5.73 Å². The predicted molar refractivity (Wildman–Crippen MR) is 88.2 cm³/mol. The van der Waals surface area contributed by atoms with Gasteiger partial charge < -0.3 is 15.1 Å². The molecule has 0 bridgehead atoms. The van der Waals surface area contributed by atoms with E-state index in [-0.39, 0.29) is 13.0 Å². The summed E-state index contributed by atoms with van der Waals surface area (Å²) in [5, 5.41) is 0.763. The Bertz CT molecular complexity index is 872. The molecule has 2 atom stereocenters. The molecule has 2 N–H and O–H groups in total. The highest BCUT2D eigenvalue weighted by atomic mass is 19.4. The summed E-state index contributed by atoms with van der Waals surface area (Å²) in [5.41, 5.74) is 8.37. The van der Waals surface area contributed by atoms with E-state index in [1.165, 1.54) is 6.26 Å². The van der Waals surface area contributed by atoms with Crippen molar-refractivity contribution in [2.75, 3.05) is 13.1 Å². The fourth-order valence-corrected chi connectivity index (χ4v) is 3.43. The number of carbonyl (C=O) groups excluding carboxylic acids is 2. The van der Waals surface area contributed by atoms with Gasteiger partial charge in [-0.05, 0) is 25.0 Å². The molecule has 2 amide bonds. The fourth-order valence-electron chi connectivity index (χ4n) is 3.43. The van der Waals surface area contributed by atoms with Gasteiger partial charge in [0.2, 0.25) is 11.8 Å². The lowest BCUT2D eigenvalue weighted by Crippen LogP contribution is -2.37. The summed E-state index contributed by atoms with van der Waals surface area (Å²) in [4.78, 5) is 24.9. The van der Waals surface area contributed by atoms with Crippen molar-refractivity contribution in [1.82, 2.24) is 4.90 Å². The fraction of sp³-hybridized carbons (Fsp3) is 0.444. The third kappa shape index (κ3) is 3.15. The van der Waals surface area contributed by atoms with Crippen molar-refractivity contribution in [3.63, 3.8) is 0 Å². The Morgan fingerprint density at radius 2 is 1.96 bits per heavy atom. The molecule has 1 saturated heterocycles. The van der Waals surface area contributed by atoms with Crippen LogP contribution in [0.1, 0.15) is 16.7 Å². The number of nitrogens with two attached hydrogens (primary N) is 1. The molecule has 26 heavy (non-hydrogen) atoms. The predicted octanol–water partition coefficient (Wildman–Crippen LogP) is 2.71. The minimum Gasteiger partial charge on any atom is -0.464 e. The first-order chi connectivity index (χ1) is 12.1. The van der Waals surface area contributed by atoms with E-state index in [1.807, 2.05) is 26.0 Å². The molecule has 3 rings (SSSR count). The number of rotatable bonds is 3. The zero-order chi connectivity index (χ0) is 19.2. The normalized spacial score (nSPS) is 20.7. The molecule has 0 unspecified atom stereocenters. The number of nitrogens with zero attached hydrogens (tertiary/aromatic N) is 1. The van der Waals surface area contributed by atoms with Gasteiger partial charge in [0.05, 0.1) is 24.5 Å². The van der Waals surface area contributed by atoms with Crippen molar-refractivity contribution in [1.29, 1.82) is 0 Å². The molecule has 0 aliphatic carbocycles. The molecule has 1 fully saturated rings. The summed E-state index contributed by atoms with van der Waals surface area (Å²) in [6, 6.07) is 3.73. The van der Waals surface area contributed by atoms with Crippen molar-refractivity contribution >= 4 is 22.8 Å². The van der Waals surface area contributed by atoms with E-state index < -0.39 is 36.4 Å². The summed E-state index contributed by atoms with van der Waals surface area (Å²) in [5.74, 6) is -4.86. The van der Waals surface area contributed by atoms with Crippen molar-refractivity contribution < 1.29 is 27.2 Å². The highest BCUT2D eigenvalue weighted by Crippen LogP contribution is 2.38. The highest BCUT2D eigenvalue weighted by Gasteiger charge is 2.52. The zero-order valence-corrected chi connectivity index (χ0v) is 14.4. The Morgan fingerprint density at radius 1 is 1.27 bits per heavy atom. The number of carbonyl (C=O) groups is 2. The van der Waals surface area contributed by atoms with E-state index in [2.05, 4.69) is 0 Å². The molecule has 2 heterocycles. The molecule has 8 heteroatoms. The second kappa shape index (κ2) is 6.34. The minimum absolute atomic E-state index is 0.0917. The highest BCUT2D eigenvalue weighted by molar-refractivity contribution is 5.90. The molecule has 1 aliphatic rings. The van der Waals surface area contributed by atoms with E-state index in [9.17, 15) is 22.8 Å². The first-order valence-electron chi connectivity index (χ1n) is 8.19. The maximum absolute atomic E-state index is 13.1. The number of likely N-dealkylation sites (tertiary alicyclic amines) is 1. The maximum Gasteiger partial charge on any atom is 0.394 e. The molecule has 1 aromatic heterocycles. The van der Waals surface area contributed by atoms with Gasteiger partial charge in [-0.2, -0.15) is 13.2 Å². The molecular formula is C18H19F3N2O3. The molecule has 0 radical (unpaired) electrons. The van der Waals surface area contributed by atoms with Crippen LogP contribution in [0.4, 0.5) is 13.2 Å². The van der Waals surface area contributed by atoms with Crippen molar-refractivity contribution in [3.05, 3.63) is 35.1 Å². The Hall–Kier alpha value is -2.51. The number of hydrogen-bond donors (Lipinski definition) is 1. The molecular weight excluding hydrogens is 349 g/mol. The molecule has 2 aromatic rings. The van der Waals surface area contributed by atoms with Gasteiger partial charge in [0.25, 0.3) is 0 Å². The number of furan rings is 1. The van der Waals surface area contributed by atoms with Crippen molar-refractivity contribution in [3.8, 4) is 0 Å². The molecule has 1 aromatic carbocycles. The van der Waals surface area contributed by atoms with E-state index in [0.29, 0.717) is 11.1 Å². The van der Waals surface area contributed by atoms with Gasteiger partial charge >= 0.3 is 6.18 Å². The van der Waals surface area contributed by atoms with Gasteiger partial charge in [0, 0.05) is 24.0 Å². The molecule has 0 spiro atoms. The standard InChI is InChI=1S/C18H19F3N2O3/c1-9-3-4-12-11(8-26-16(12)10(9)2)5-15(24)23-6-13(17(22)25)14(7-23)18(19,20)21/h3-4,8,13-14H,5-7H2,1-2H3,(H2,22,25)/t13-,14-/m1/s1. The summed E-state index contributed by atoms with van der Waals surface area (Å²) >= 11 is 0. The average molecular weight is 368 g/mol. The van der Waals surface area contributed by atoms with Gasteiger partial charge in [-0.25, -0.2) is 0 Å². The average Bonchev–Trinajstić information content (AvgIpc) is 3.15. The number of primary amides is 1. The van der Waals surface area contributed by atoms with Crippen LogP contribution >= 0.6 is 0 Å². The maximum atomic E-state index is 13.1. The number of aryl methyl sites for hydroxylation is 2. The Balaban J connectivity index is 1.81. The van der Waals surface area contributed by atoms with E-state index in [1.54, 1.807) is 0 Å². The van der Waals surface area contributed by atoms with Crippen LogP contribution in [0.3, 0.4) is 0 Å². The first-order valence-corrected chi connectivity index (χ1v) is 8.19. The molecule has 1 aliphatic heterocycles. The lowest BCUT2D eigenvalue weighted by molar-refractivity contribution is -0.182. The Kier molecular flexibility index (Phi) is 4.46. The molecule has 5 nitrogen and oxygen atoms in total. The quantitative estimate of drug-likeness (QED) is 0.905. The lowest BCUT2D eigenvalue weighted by Gasteiger charge is -2.18.